The second-order valence-electron chi connectivity index (χ2n) is 4.05. The van der Waals surface area contributed by atoms with E-state index in [-0.39, 0.29) is 0 Å². The summed E-state index contributed by atoms with van der Waals surface area (Å²) >= 11 is 0. The first-order chi connectivity index (χ1) is 8.77. The highest BCUT2D eigenvalue weighted by Crippen LogP contribution is 2.22. The van der Waals surface area contributed by atoms with Gasteiger partial charge in [0.15, 0.2) is 11.5 Å². The van der Waals surface area contributed by atoms with Crippen molar-refractivity contribution in [2.45, 2.75) is 6.04 Å². The van der Waals surface area contributed by atoms with Crippen LogP contribution in [-0.2, 0) is 4.79 Å². The second-order valence-corrected chi connectivity index (χ2v) is 4.05. The smallest absolute Gasteiger partial charge is 0.327 e. The summed E-state index contributed by atoms with van der Waals surface area (Å²) in [6, 6.07) is -0.625. The van der Waals surface area contributed by atoms with Gasteiger partial charge in [-0.25, -0.2) is 19.7 Å². The van der Waals surface area contributed by atoms with Crippen LogP contribution < -0.4 is 10.2 Å². The minimum atomic E-state index is -0.867. The Hall–Kier alpha value is -2.22. The minimum absolute atomic E-state index is 0.398. The van der Waals surface area contributed by atoms with Gasteiger partial charge in [0.2, 0.25) is 0 Å². The Labute approximate surface area is 102 Å². The molecule has 3 N–H and O–H groups in total. The number of fused-ring (bicyclic) bond motifs is 1. The van der Waals surface area contributed by atoms with Crippen molar-refractivity contribution in [3.05, 3.63) is 12.7 Å². The Morgan fingerprint density at radius 1 is 1.44 bits per heavy atom. The van der Waals surface area contributed by atoms with E-state index in [1.54, 1.807) is 4.90 Å². The quantitative estimate of drug-likeness (QED) is 0.639. The number of aromatic nitrogens is 4. The Bertz CT molecular complexity index is 583. The fraction of sp³-hybridized carbons (Fsp3) is 0.400. The van der Waals surface area contributed by atoms with E-state index in [1.807, 2.05) is 0 Å². The molecule has 18 heavy (non-hydrogen) atoms. The van der Waals surface area contributed by atoms with Crippen molar-refractivity contribution in [3.63, 3.8) is 0 Å². The van der Waals surface area contributed by atoms with Crippen LogP contribution in [0.4, 0.5) is 5.82 Å². The van der Waals surface area contributed by atoms with Crippen LogP contribution in [0.1, 0.15) is 0 Å². The highest BCUT2D eigenvalue weighted by atomic mass is 16.4. The summed E-state index contributed by atoms with van der Waals surface area (Å²) in [6.07, 6.45) is 2.93. The first kappa shape index (κ1) is 10.9. The molecule has 0 spiro atoms. The normalized spacial score (nSPS) is 20.2. The van der Waals surface area contributed by atoms with E-state index < -0.39 is 12.0 Å². The lowest BCUT2D eigenvalue weighted by Gasteiger charge is -2.34. The first-order valence-electron chi connectivity index (χ1n) is 5.61. The number of piperazine rings is 1. The molecule has 0 amide bonds. The Morgan fingerprint density at radius 3 is 3.17 bits per heavy atom. The van der Waals surface area contributed by atoms with Crippen molar-refractivity contribution in [3.8, 4) is 0 Å². The Kier molecular flexibility index (Phi) is 2.56. The molecule has 3 rings (SSSR count). The average Bonchev–Trinajstić information content (AvgIpc) is 2.86. The number of H-pyrrole nitrogens is 1. The molecule has 0 saturated carbocycles. The van der Waals surface area contributed by atoms with Crippen LogP contribution in [0, 0.1) is 0 Å². The highest BCUT2D eigenvalue weighted by Gasteiger charge is 2.30. The number of carbonyl (C=O) groups is 1. The van der Waals surface area contributed by atoms with Crippen LogP contribution in [0.15, 0.2) is 12.7 Å². The van der Waals surface area contributed by atoms with Crippen molar-refractivity contribution in [2.24, 2.45) is 0 Å². The zero-order valence-electron chi connectivity index (χ0n) is 9.50. The zero-order chi connectivity index (χ0) is 12.5. The molecule has 3 heterocycles. The summed E-state index contributed by atoms with van der Waals surface area (Å²) in [5.74, 6) is -0.278. The van der Waals surface area contributed by atoms with Gasteiger partial charge in [0.1, 0.15) is 17.9 Å². The lowest BCUT2D eigenvalue weighted by Crippen LogP contribution is -2.55. The molecule has 1 fully saturated rings. The number of anilines is 1. The molecular weight excluding hydrogens is 236 g/mol. The van der Waals surface area contributed by atoms with Crippen LogP contribution >= 0.6 is 0 Å². The number of aromatic amines is 1. The maximum absolute atomic E-state index is 11.3. The molecule has 0 bridgehead atoms. The van der Waals surface area contributed by atoms with Gasteiger partial charge in [0.25, 0.3) is 0 Å². The number of nitrogens with zero attached hydrogens (tertiary/aromatic N) is 4. The number of imidazole rings is 1. The number of aliphatic carboxylic acids is 1. The number of hydrogen-bond donors (Lipinski definition) is 3. The van der Waals surface area contributed by atoms with Crippen LogP contribution in [0.2, 0.25) is 0 Å². The molecule has 1 aliphatic rings. The molecule has 2 aromatic heterocycles. The lowest BCUT2D eigenvalue weighted by atomic mass is 10.2. The molecule has 1 unspecified atom stereocenters. The summed E-state index contributed by atoms with van der Waals surface area (Å²) < 4.78 is 0. The van der Waals surface area contributed by atoms with E-state index >= 15 is 0 Å². The third-order valence-corrected chi connectivity index (χ3v) is 3.00. The van der Waals surface area contributed by atoms with E-state index in [2.05, 4.69) is 25.3 Å². The molecule has 1 atom stereocenters. The molecule has 1 saturated heterocycles. The van der Waals surface area contributed by atoms with Gasteiger partial charge in [0.05, 0.1) is 6.33 Å². The van der Waals surface area contributed by atoms with E-state index in [0.717, 1.165) is 6.54 Å². The third kappa shape index (κ3) is 1.66. The van der Waals surface area contributed by atoms with Crippen LogP contribution in [0.5, 0.6) is 0 Å². The van der Waals surface area contributed by atoms with Gasteiger partial charge >= 0.3 is 5.97 Å². The van der Waals surface area contributed by atoms with Crippen molar-refractivity contribution >= 4 is 23.0 Å². The predicted molar refractivity (Wildman–Crippen MR) is 63.3 cm³/mol. The molecule has 2 aromatic rings. The minimum Gasteiger partial charge on any atom is -0.480 e. The molecule has 8 heteroatoms. The summed E-state index contributed by atoms with van der Waals surface area (Å²) in [7, 11) is 0. The van der Waals surface area contributed by atoms with Gasteiger partial charge in [-0.3, -0.25) is 0 Å². The average molecular weight is 248 g/mol. The van der Waals surface area contributed by atoms with E-state index in [4.69, 9.17) is 0 Å². The Morgan fingerprint density at radius 2 is 2.33 bits per heavy atom. The van der Waals surface area contributed by atoms with E-state index in [1.165, 1.54) is 12.7 Å². The number of hydrogen-bond acceptors (Lipinski definition) is 6. The maximum Gasteiger partial charge on any atom is 0.327 e. The molecule has 0 aliphatic carbocycles. The summed E-state index contributed by atoms with van der Waals surface area (Å²) in [5, 5.41) is 12.3. The van der Waals surface area contributed by atoms with Gasteiger partial charge in [-0.05, 0) is 0 Å². The third-order valence-electron chi connectivity index (χ3n) is 3.00. The summed E-state index contributed by atoms with van der Waals surface area (Å²) in [4.78, 5) is 28.2. The van der Waals surface area contributed by atoms with E-state index in [0.29, 0.717) is 30.1 Å². The topological polar surface area (TPSA) is 107 Å². The fourth-order valence-electron chi connectivity index (χ4n) is 2.15. The molecule has 94 valence electrons. The number of carboxylic acids is 1. The second kappa shape index (κ2) is 4.22. The van der Waals surface area contributed by atoms with Crippen molar-refractivity contribution in [2.75, 3.05) is 24.5 Å². The zero-order valence-corrected chi connectivity index (χ0v) is 9.50. The molecule has 1 aliphatic heterocycles. The summed E-state index contributed by atoms with van der Waals surface area (Å²) in [6.45, 7) is 1.71. The lowest BCUT2D eigenvalue weighted by molar-refractivity contribution is -0.138. The van der Waals surface area contributed by atoms with Gasteiger partial charge < -0.3 is 20.3 Å². The molecule has 8 nitrogen and oxygen atoms in total. The van der Waals surface area contributed by atoms with Crippen LogP contribution in [0.25, 0.3) is 11.2 Å². The van der Waals surface area contributed by atoms with Gasteiger partial charge in [-0.2, -0.15) is 0 Å². The largest absolute Gasteiger partial charge is 0.480 e. The van der Waals surface area contributed by atoms with Crippen molar-refractivity contribution in [1.82, 2.24) is 25.3 Å². The highest BCUT2D eigenvalue weighted by molar-refractivity contribution is 5.87. The van der Waals surface area contributed by atoms with Gasteiger partial charge in [0, 0.05) is 19.6 Å². The number of rotatable bonds is 2. The number of nitrogens with one attached hydrogen (secondary N) is 2. The van der Waals surface area contributed by atoms with E-state index in [9.17, 15) is 9.90 Å². The molecular formula is C10H12N6O2. The standard InChI is InChI=1S/C10H12N6O2/c17-10(18)6-3-11-1-2-16(6)9-7-8(13-4-12-7)14-5-15-9/h4-6,11H,1-3H2,(H,17,18)(H,12,13,14,15). The van der Waals surface area contributed by atoms with Gasteiger partial charge in [-0.1, -0.05) is 0 Å². The predicted octanol–water partition coefficient (Wildman–Crippen LogP) is -0.784. The molecule has 0 aromatic carbocycles. The van der Waals surface area contributed by atoms with Crippen molar-refractivity contribution in [1.29, 1.82) is 0 Å². The number of carboxylic acid groups (broad SMARTS) is 1. The maximum atomic E-state index is 11.3. The van der Waals surface area contributed by atoms with Crippen LogP contribution in [0.3, 0.4) is 0 Å². The van der Waals surface area contributed by atoms with Crippen molar-refractivity contribution < 1.29 is 9.90 Å². The first-order valence-corrected chi connectivity index (χ1v) is 5.61. The SMILES string of the molecule is O=C(O)C1CNCCN1c1ncnc2nc[nH]c12. The van der Waals surface area contributed by atoms with Gasteiger partial charge in [-0.15, -0.1) is 0 Å². The fourth-order valence-corrected chi connectivity index (χ4v) is 2.15. The Balaban J connectivity index is 2.06. The molecule has 0 radical (unpaired) electrons. The van der Waals surface area contributed by atoms with Crippen LogP contribution in [-0.4, -0.2) is 56.7 Å². The summed E-state index contributed by atoms with van der Waals surface area (Å²) in [5.41, 5.74) is 1.22. The monoisotopic (exact) mass is 248 g/mol.